The van der Waals surface area contributed by atoms with Crippen LogP contribution < -0.4 is 66.1 Å². The van der Waals surface area contributed by atoms with Crippen LogP contribution in [0.15, 0.2) is 0 Å². The van der Waals surface area contributed by atoms with E-state index < -0.39 is 15.6 Å². The third-order valence-electron chi connectivity index (χ3n) is 0.203. The number of hydrogen-bond acceptors (Lipinski definition) is 6. The molecule has 7 nitrogen and oxygen atoms in total. The van der Waals surface area contributed by atoms with E-state index in [0.29, 0.717) is 0 Å². The van der Waals surface area contributed by atoms with Crippen LogP contribution in [0.3, 0.4) is 0 Å². The van der Waals surface area contributed by atoms with Gasteiger partial charge < -0.3 is 24.1 Å². The van der Waals surface area contributed by atoms with Gasteiger partial charge in [-0.15, -0.1) is 0 Å². The maximum Gasteiger partial charge on any atom is 2.00 e. The number of phosphoric acid groups is 2. The fraction of sp³-hybridized carbons (Fsp3) is 0. The van der Waals surface area contributed by atoms with Crippen LogP contribution in [0.4, 0.5) is 0 Å². The van der Waals surface area contributed by atoms with Crippen LogP contribution in [0.1, 0.15) is 0 Å². The minimum Gasteiger partial charge on any atom is -0.790 e. The zero-order valence-electron chi connectivity index (χ0n) is 5.50. The van der Waals surface area contributed by atoms with Crippen molar-refractivity contribution in [3.05, 3.63) is 0 Å². The first-order chi connectivity index (χ1) is 3.71. The molecule has 0 aromatic rings. The molecule has 0 rings (SSSR count). The van der Waals surface area contributed by atoms with Gasteiger partial charge in [0.15, 0.2) is 0 Å². The molecule has 0 fully saturated rings. The number of rotatable bonds is 2. The number of hydrogen-bond donors (Lipinski definition) is 1. The van der Waals surface area contributed by atoms with Crippen molar-refractivity contribution in [1.82, 2.24) is 0 Å². The Morgan fingerprint density at radius 2 is 1.45 bits per heavy atom. The average molecular weight is 238 g/mol. The van der Waals surface area contributed by atoms with Crippen LogP contribution in [0.25, 0.3) is 0 Å². The van der Waals surface area contributed by atoms with Gasteiger partial charge in [-0.25, -0.2) is 0 Å². The van der Waals surface area contributed by atoms with Gasteiger partial charge in [0.1, 0.15) is 0 Å². The average Bonchev–Trinajstić information content (AvgIpc) is 1.14. The molecule has 1 atom stereocenters. The summed E-state index contributed by atoms with van der Waals surface area (Å²) in [4.78, 5) is 35.7. The van der Waals surface area contributed by atoms with Gasteiger partial charge in [0, 0.05) is 0 Å². The molecular formula is HKMgO7P2. The van der Waals surface area contributed by atoms with Crippen molar-refractivity contribution in [2.45, 2.75) is 0 Å². The molecule has 0 aliphatic carbocycles. The fourth-order valence-corrected chi connectivity index (χ4v) is 1.14. The van der Waals surface area contributed by atoms with Crippen molar-refractivity contribution in [2.75, 3.05) is 0 Å². The Kier molecular flexibility index (Phi) is 12.3. The van der Waals surface area contributed by atoms with E-state index >= 15 is 0 Å². The maximum absolute atomic E-state index is 9.44. The fourth-order valence-electron chi connectivity index (χ4n) is 0.126. The van der Waals surface area contributed by atoms with Crippen molar-refractivity contribution in [3.63, 3.8) is 0 Å². The molecule has 56 valence electrons. The van der Waals surface area contributed by atoms with Gasteiger partial charge in [0.2, 0.25) is 0 Å². The summed E-state index contributed by atoms with van der Waals surface area (Å²) in [5, 5.41) is 0. The van der Waals surface area contributed by atoms with E-state index in [2.05, 4.69) is 4.31 Å². The normalized spacial score (nSPS) is 15.6. The van der Waals surface area contributed by atoms with Gasteiger partial charge in [-0.2, -0.15) is 0 Å². The molecule has 0 heterocycles. The Hall–Kier alpha value is 2.66. The second-order valence-corrected chi connectivity index (χ2v) is 3.48. The molecule has 0 saturated carbocycles. The third kappa shape index (κ3) is 19.2. The van der Waals surface area contributed by atoms with Crippen molar-refractivity contribution in [3.8, 4) is 0 Å². The summed E-state index contributed by atoms with van der Waals surface area (Å²) in [5.41, 5.74) is 0. The van der Waals surface area contributed by atoms with Gasteiger partial charge in [-0.05, 0) is 0 Å². The molecule has 1 N–H and O–H groups in total. The summed E-state index contributed by atoms with van der Waals surface area (Å²) in [5.74, 6) is 0. The molecule has 0 saturated heterocycles. The predicted molar refractivity (Wildman–Crippen MR) is 24.3 cm³/mol. The van der Waals surface area contributed by atoms with Gasteiger partial charge in [-0.3, -0.25) is 8.88 Å². The summed E-state index contributed by atoms with van der Waals surface area (Å²) >= 11 is 0. The van der Waals surface area contributed by atoms with E-state index in [1.165, 1.54) is 0 Å². The van der Waals surface area contributed by atoms with E-state index in [1.807, 2.05) is 0 Å². The summed E-state index contributed by atoms with van der Waals surface area (Å²) in [6.45, 7) is 0. The minimum atomic E-state index is -5.61. The zero-order chi connectivity index (χ0) is 7.71. The van der Waals surface area contributed by atoms with Crippen molar-refractivity contribution in [2.24, 2.45) is 0 Å². The van der Waals surface area contributed by atoms with Crippen molar-refractivity contribution in [1.29, 1.82) is 0 Å². The first kappa shape index (κ1) is 19.3. The van der Waals surface area contributed by atoms with Gasteiger partial charge in [0.25, 0.3) is 7.82 Å². The van der Waals surface area contributed by atoms with Crippen molar-refractivity contribution >= 4 is 38.7 Å². The molecule has 1 unspecified atom stereocenters. The van der Waals surface area contributed by atoms with Crippen LogP contribution in [-0.4, -0.2) is 27.9 Å². The predicted octanol–water partition coefficient (Wildman–Crippen LogP) is -6.08. The van der Waals surface area contributed by atoms with Crippen molar-refractivity contribution < 1.29 is 84.4 Å². The first-order valence-corrected chi connectivity index (χ1v) is 4.43. The Morgan fingerprint density at radius 3 is 1.45 bits per heavy atom. The van der Waals surface area contributed by atoms with Crippen LogP contribution >= 0.6 is 15.6 Å². The molecule has 0 radical (unpaired) electrons. The van der Waals surface area contributed by atoms with Crippen LogP contribution in [-0.2, 0) is 13.4 Å². The molecule has 0 aliphatic rings. The molecule has 0 aromatic heterocycles. The summed E-state index contributed by atoms with van der Waals surface area (Å²) in [6.07, 6.45) is 0. The van der Waals surface area contributed by atoms with Crippen LogP contribution in [0.5, 0.6) is 0 Å². The molecule has 11 heavy (non-hydrogen) atoms. The molecule has 0 amide bonds. The zero-order valence-corrected chi connectivity index (χ0v) is 11.8. The monoisotopic (exact) mass is 238 g/mol. The van der Waals surface area contributed by atoms with Gasteiger partial charge in [0.05, 0.1) is 7.82 Å². The van der Waals surface area contributed by atoms with E-state index in [1.54, 1.807) is 0 Å². The largest absolute Gasteiger partial charge is 2.00 e. The van der Waals surface area contributed by atoms with Gasteiger partial charge >= 0.3 is 74.4 Å². The topological polar surface area (TPSA) is 133 Å². The molecule has 0 aromatic carbocycles. The first-order valence-electron chi connectivity index (χ1n) is 1.48. The van der Waals surface area contributed by atoms with Crippen LogP contribution in [0, 0.1) is 0 Å². The summed E-state index contributed by atoms with van der Waals surface area (Å²) in [6, 6.07) is 0. The Labute approximate surface area is 121 Å². The molecule has 11 heteroatoms. The molecule has 0 aliphatic heterocycles. The maximum atomic E-state index is 9.44. The Bertz CT molecular complexity index is 157. The van der Waals surface area contributed by atoms with E-state index in [0.717, 1.165) is 0 Å². The third-order valence-corrected chi connectivity index (χ3v) is 1.83. The molecule has 0 bridgehead atoms. The molecular weight excluding hydrogens is 237 g/mol. The van der Waals surface area contributed by atoms with E-state index in [4.69, 9.17) is 4.89 Å². The Morgan fingerprint density at radius 1 is 1.18 bits per heavy atom. The standard InChI is InChI=1S/K.Mg.H4O7P2/c;;1-8(2,3)7-9(4,5)6/h;;(H2,1,2,3)(H2,4,5,6)/q+1;+2;/p-3. The van der Waals surface area contributed by atoms with Gasteiger partial charge in [-0.1, -0.05) is 0 Å². The SMILES string of the molecule is O=P([O-])([O-])OP(=O)([O-])O.[K+].[Mg+2]. The van der Waals surface area contributed by atoms with Crippen LogP contribution in [0.2, 0.25) is 0 Å². The second-order valence-electron chi connectivity index (χ2n) is 0.997. The van der Waals surface area contributed by atoms with E-state index in [-0.39, 0.29) is 74.4 Å². The summed E-state index contributed by atoms with van der Waals surface area (Å²) < 4.78 is 21.4. The smallest absolute Gasteiger partial charge is 0.790 e. The minimum absolute atomic E-state index is 0. The molecule has 0 spiro atoms. The summed E-state index contributed by atoms with van der Waals surface area (Å²) in [7, 11) is -11.0. The second kappa shape index (κ2) is 7.02. The quantitative estimate of drug-likeness (QED) is 0.374. The Balaban J connectivity index is -0.000000320. The van der Waals surface area contributed by atoms with E-state index in [9.17, 15) is 23.8 Å².